The molecule has 0 aliphatic carbocycles. The number of hydrogen-bond donors (Lipinski definition) is 1. The third-order valence-corrected chi connectivity index (χ3v) is 5.27. The molecule has 0 amide bonds. The topological polar surface area (TPSA) is 65.0 Å². The molecule has 0 aromatic heterocycles. The van der Waals surface area contributed by atoms with Gasteiger partial charge in [-0.15, -0.1) is 0 Å². The minimum Gasteiger partial charge on any atom is -0.493 e. The fraction of sp³-hybridized carbons (Fsp3) is 0.138. The van der Waals surface area contributed by atoms with E-state index in [9.17, 15) is 9.90 Å². The first kappa shape index (κ1) is 22.9. The summed E-state index contributed by atoms with van der Waals surface area (Å²) >= 11 is 0. The molecule has 172 valence electrons. The Hall–Kier alpha value is -4.25. The molecular formula is C29H26O5. The molecule has 1 N–H and O–H groups in total. The van der Waals surface area contributed by atoms with Crippen LogP contribution in [0.15, 0.2) is 103 Å². The van der Waals surface area contributed by atoms with Gasteiger partial charge in [0.15, 0.2) is 0 Å². The predicted molar refractivity (Wildman–Crippen MR) is 131 cm³/mol. The third-order valence-electron chi connectivity index (χ3n) is 5.27. The van der Waals surface area contributed by atoms with Crippen LogP contribution in [0.2, 0.25) is 0 Å². The molecule has 5 nitrogen and oxygen atoms in total. The molecule has 0 bridgehead atoms. The van der Waals surface area contributed by atoms with E-state index in [1.807, 2.05) is 78.9 Å². The summed E-state index contributed by atoms with van der Waals surface area (Å²) in [6.07, 6.45) is 0.717. The molecule has 0 atom stereocenters. The first-order valence-electron chi connectivity index (χ1n) is 11.1. The molecule has 4 aromatic rings. The molecule has 5 heteroatoms. The molecule has 0 aliphatic heterocycles. The van der Waals surface area contributed by atoms with Gasteiger partial charge in [-0.05, 0) is 53.6 Å². The van der Waals surface area contributed by atoms with E-state index in [0.717, 1.165) is 29.0 Å². The monoisotopic (exact) mass is 454 g/mol. The predicted octanol–water partition coefficient (Wildman–Crippen LogP) is 6.16. The lowest BCUT2D eigenvalue weighted by Crippen LogP contribution is -2.05. The van der Waals surface area contributed by atoms with Gasteiger partial charge in [-0.1, -0.05) is 60.7 Å². The summed E-state index contributed by atoms with van der Waals surface area (Å²) in [7, 11) is 0. The number of benzene rings is 4. The maximum atomic E-state index is 11.4. The SMILES string of the molecule is O=C(O)c1ccccc1COc1cccc(CCOc2ccc(OCc3ccccc3)cc2)c1. The van der Waals surface area contributed by atoms with Crippen molar-refractivity contribution in [3.05, 3.63) is 125 Å². The Balaban J connectivity index is 1.24. The highest BCUT2D eigenvalue weighted by Gasteiger charge is 2.09. The van der Waals surface area contributed by atoms with Crippen LogP contribution in [0.4, 0.5) is 0 Å². The summed E-state index contributed by atoms with van der Waals surface area (Å²) in [5.41, 5.74) is 3.09. The first-order chi connectivity index (χ1) is 16.7. The highest BCUT2D eigenvalue weighted by atomic mass is 16.5. The summed E-state index contributed by atoms with van der Waals surface area (Å²) in [5.74, 6) is 1.31. The summed E-state index contributed by atoms with van der Waals surface area (Å²) in [6.45, 7) is 1.25. The zero-order valence-electron chi connectivity index (χ0n) is 18.7. The van der Waals surface area contributed by atoms with Gasteiger partial charge in [0.2, 0.25) is 0 Å². The Bertz CT molecular complexity index is 1200. The van der Waals surface area contributed by atoms with Gasteiger partial charge in [0, 0.05) is 12.0 Å². The number of rotatable bonds is 11. The lowest BCUT2D eigenvalue weighted by atomic mass is 10.1. The van der Waals surface area contributed by atoms with Gasteiger partial charge in [0.05, 0.1) is 12.2 Å². The molecule has 0 fully saturated rings. The van der Waals surface area contributed by atoms with Gasteiger partial charge >= 0.3 is 5.97 Å². The van der Waals surface area contributed by atoms with Crippen molar-refractivity contribution < 1.29 is 24.1 Å². The zero-order valence-corrected chi connectivity index (χ0v) is 18.7. The third kappa shape index (κ3) is 6.62. The van der Waals surface area contributed by atoms with Crippen LogP contribution in [-0.4, -0.2) is 17.7 Å². The fourth-order valence-corrected chi connectivity index (χ4v) is 3.47. The molecule has 0 unspecified atom stereocenters. The van der Waals surface area contributed by atoms with Crippen molar-refractivity contribution in [2.24, 2.45) is 0 Å². The first-order valence-corrected chi connectivity index (χ1v) is 11.1. The van der Waals surface area contributed by atoms with Crippen molar-refractivity contribution in [2.45, 2.75) is 19.6 Å². The molecule has 34 heavy (non-hydrogen) atoms. The average Bonchev–Trinajstić information content (AvgIpc) is 2.88. The van der Waals surface area contributed by atoms with Crippen LogP contribution in [0.3, 0.4) is 0 Å². The molecule has 4 rings (SSSR count). The van der Waals surface area contributed by atoms with Crippen molar-refractivity contribution in [3.8, 4) is 17.2 Å². The molecule has 0 spiro atoms. The van der Waals surface area contributed by atoms with Crippen molar-refractivity contribution >= 4 is 5.97 Å². The Morgan fingerprint density at radius 2 is 1.26 bits per heavy atom. The second-order valence-corrected chi connectivity index (χ2v) is 7.74. The van der Waals surface area contributed by atoms with Crippen molar-refractivity contribution in [3.63, 3.8) is 0 Å². The number of carboxylic acid groups (broad SMARTS) is 1. The zero-order chi connectivity index (χ0) is 23.6. The van der Waals surface area contributed by atoms with Gasteiger partial charge in [-0.25, -0.2) is 4.79 Å². The highest BCUT2D eigenvalue weighted by molar-refractivity contribution is 5.89. The maximum absolute atomic E-state index is 11.4. The standard InChI is InChI=1S/C29H26O5/c30-29(31)28-12-5-4-10-24(28)21-34-27-11-6-9-22(19-27)17-18-32-25-13-15-26(16-14-25)33-20-23-7-2-1-3-8-23/h1-16,19H,17-18,20-21H2,(H,30,31). The van der Waals surface area contributed by atoms with Crippen LogP contribution >= 0.6 is 0 Å². The summed E-state index contributed by atoms with van der Waals surface area (Å²) in [4.78, 5) is 11.4. The normalized spacial score (nSPS) is 10.5. The second kappa shape index (κ2) is 11.6. The molecule has 0 saturated heterocycles. The van der Waals surface area contributed by atoms with Crippen molar-refractivity contribution in [1.29, 1.82) is 0 Å². The van der Waals surface area contributed by atoms with Crippen LogP contribution in [0.1, 0.15) is 27.0 Å². The Kier molecular flexibility index (Phi) is 7.80. The van der Waals surface area contributed by atoms with Crippen molar-refractivity contribution in [1.82, 2.24) is 0 Å². The van der Waals surface area contributed by atoms with E-state index in [2.05, 4.69) is 0 Å². The van der Waals surface area contributed by atoms with Gasteiger partial charge < -0.3 is 19.3 Å². The van der Waals surface area contributed by atoms with Crippen LogP contribution in [0, 0.1) is 0 Å². The van der Waals surface area contributed by atoms with Gasteiger partial charge in [-0.3, -0.25) is 0 Å². The number of carbonyl (C=O) groups is 1. The summed E-state index contributed by atoms with van der Waals surface area (Å²) < 4.78 is 17.5. The number of carboxylic acids is 1. The van der Waals surface area contributed by atoms with Crippen LogP contribution in [-0.2, 0) is 19.6 Å². The van der Waals surface area contributed by atoms with Gasteiger partial charge in [0.25, 0.3) is 0 Å². The van der Waals surface area contributed by atoms with Crippen LogP contribution in [0.5, 0.6) is 17.2 Å². The fourth-order valence-electron chi connectivity index (χ4n) is 3.47. The number of ether oxygens (including phenoxy) is 3. The largest absolute Gasteiger partial charge is 0.493 e. The smallest absolute Gasteiger partial charge is 0.336 e. The van der Waals surface area contributed by atoms with Crippen LogP contribution in [0.25, 0.3) is 0 Å². The Morgan fingerprint density at radius 3 is 2.03 bits per heavy atom. The van der Waals surface area contributed by atoms with E-state index in [0.29, 0.717) is 24.5 Å². The van der Waals surface area contributed by atoms with Gasteiger partial charge in [-0.2, -0.15) is 0 Å². The molecule has 0 radical (unpaired) electrons. The average molecular weight is 455 g/mol. The molecular weight excluding hydrogens is 428 g/mol. The minimum atomic E-state index is -0.958. The number of aromatic carboxylic acids is 1. The van der Waals surface area contributed by atoms with E-state index < -0.39 is 5.97 Å². The maximum Gasteiger partial charge on any atom is 0.336 e. The Labute approximate surface area is 199 Å². The van der Waals surface area contributed by atoms with Gasteiger partial charge in [0.1, 0.15) is 30.5 Å². The van der Waals surface area contributed by atoms with E-state index in [-0.39, 0.29) is 12.2 Å². The highest BCUT2D eigenvalue weighted by Crippen LogP contribution is 2.20. The molecule has 0 saturated carbocycles. The molecule has 0 aliphatic rings. The number of hydrogen-bond acceptors (Lipinski definition) is 4. The minimum absolute atomic E-state index is 0.196. The lowest BCUT2D eigenvalue weighted by molar-refractivity contribution is 0.0694. The van der Waals surface area contributed by atoms with E-state index in [4.69, 9.17) is 14.2 Å². The van der Waals surface area contributed by atoms with Crippen LogP contribution < -0.4 is 14.2 Å². The second-order valence-electron chi connectivity index (χ2n) is 7.74. The molecule has 4 aromatic carbocycles. The Morgan fingerprint density at radius 1 is 0.618 bits per heavy atom. The van der Waals surface area contributed by atoms with E-state index in [1.165, 1.54) is 0 Å². The lowest BCUT2D eigenvalue weighted by Gasteiger charge is -2.11. The van der Waals surface area contributed by atoms with E-state index in [1.54, 1.807) is 24.3 Å². The summed E-state index contributed by atoms with van der Waals surface area (Å²) in [6, 6.07) is 32.3. The van der Waals surface area contributed by atoms with Crippen molar-refractivity contribution in [2.75, 3.05) is 6.61 Å². The molecule has 0 heterocycles. The summed E-state index contributed by atoms with van der Waals surface area (Å²) in [5, 5.41) is 9.31. The quantitative estimate of drug-likeness (QED) is 0.294. The van der Waals surface area contributed by atoms with E-state index >= 15 is 0 Å².